The molecule has 0 aliphatic rings. The van der Waals surface area contributed by atoms with Crippen molar-refractivity contribution < 1.29 is 14.3 Å². The molecule has 0 unspecified atom stereocenters. The van der Waals surface area contributed by atoms with Gasteiger partial charge in [0.2, 0.25) is 0 Å². The Morgan fingerprint density at radius 2 is 1.62 bits per heavy atom. The lowest BCUT2D eigenvalue weighted by Crippen LogP contribution is -2.37. The first-order chi connectivity index (χ1) is 10.1. The second-order valence-corrected chi connectivity index (χ2v) is 5.31. The molecular weight excluding hydrogens is 266 g/mol. The number of rotatable bonds is 8. The average Bonchev–Trinajstić information content (AvgIpc) is 2.47. The van der Waals surface area contributed by atoms with E-state index in [9.17, 15) is 9.59 Å². The number of esters is 2. The molecule has 0 saturated heterocycles. The van der Waals surface area contributed by atoms with Crippen LogP contribution in [0.3, 0.4) is 0 Å². The van der Waals surface area contributed by atoms with Crippen LogP contribution in [0.25, 0.3) is 0 Å². The number of hydrogen-bond acceptors (Lipinski definition) is 4. The SMILES string of the molecule is CCCC(CCC)C(=O)OC(=O)[C@@H](N)Cc1ccccc1. The third-order valence-corrected chi connectivity index (χ3v) is 3.41. The predicted molar refractivity (Wildman–Crippen MR) is 82.5 cm³/mol. The van der Waals surface area contributed by atoms with Gasteiger partial charge in [-0.3, -0.25) is 4.79 Å². The van der Waals surface area contributed by atoms with Crippen molar-refractivity contribution >= 4 is 11.9 Å². The molecule has 116 valence electrons. The van der Waals surface area contributed by atoms with Crippen LogP contribution in [-0.2, 0) is 20.7 Å². The summed E-state index contributed by atoms with van der Waals surface area (Å²) in [6.07, 6.45) is 3.65. The lowest BCUT2D eigenvalue weighted by Gasteiger charge is -2.15. The summed E-state index contributed by atoms with van der Waals surface area (Å²) in [6, 6.07) is 8.66. The van der Waals surface area contributed by atoms with Crippen LogP contribution in [0, 0.1) is 5.92 Å². The van der Waals surface area contributed by atoms with Gasteiger partial charge in [0.15, 0.2) is 0 Å². The first kappa shape index (κ1) is 17.4. The van der Waals surface area contributed by atoms with E-state index in [4.69, 9.17) is 10.5 Å². The molecule has 0 saturated carbocycles. The Labute approximate surface area is 126 Å². The molecule has 0 spiro atoms. The summed E-state index contributed by atoms with van der Waals surface area (Å²) in [4.78, 5) is 23.9. The summed E-state index contributed by atoms with van der Waals surface area (Å²) in [7, 11) is 0. The van der Waals surface area contributed by atoms with Crippen LogP contribution >= 0.6 is 0 Å². The Morgan fingerprint density at radius 1 is 1.05 bits per heavy atom. The quantitative estimate of drug-likeness (QED) is 0.590. The van der Waals surface area contributed by atoms with E-state index in [1.807, 2.05) is 44.2 Å². The van der Waals surface area contributed by atoms with Crippen molar-refractivity contribution in [2.45, 2.75) is 52.0 Å². The standard InChI is InChI=1S/C17H25NO3/c1-3-8-14(9-4-2)16(19)21-17(20)15(18)12-13-10-6-5-7-11-13/h5-7,10-11,14-15H,3-4,8-9,12,18H2,1-2H3/t15-/m0/s1. The molecule has 0 aromatic heterocycles. The molecule has 0 aliphatic carbocycles. The largest absolute Gasteiger partial charge is 0.392 e. The van der Waals surface area contributed by atoms with Gasteiger partial charge in [0.1, 0.15) is 6.04 Å². The summed E-state index contributed by atoms with van der Waals surface area (Å²) >= 11 is 0. The number of carbonyl (C=O) groups is 2. The summed E-state index contributed by atoms with van der Waals surface area (Å²) in [6.45, 7) is 4.03. The van der Waals surface area contributed by atoms with E-state index >= 15 is 0 Å². The molecule has 0 fully saturated rings. The summed E-state index contributed by atoms with van der Waals surface area (Å²) < 4.78 is 4.95. The fourth-order valence-corrected chi connectivity index (χ4v) is 2.29. The highest BCUT2D eigenvalue weighted by Gasteiger charge is 2.24. The lowest BCUT2D eigenvalue weighted by molar-refractivity contribution is -0.163. The molecule has 1 atom stereocenters. The zero-order valence-corrected chi connectivity index (χ0v) is 12.9. The van der Waals surface area contributed by atoms with Crippen molar-refractivity contribution in [1.29, 1.82) is 0 Å². The fraction of sp³-hybridized carbons (Fsp3) is 0.529. The monoisotopic (exact) mass is 291 g/mol. The van der Waals surface area contributed by atoms with Crippen LogP contribution in [0.15, 0.2) is 30.3 Å². The van der Waals surface area contributed by atoms with Crippen molar-refractivity contribution in [2.75, 3.05) is 0 Å². The molecular formula is C17H25NO3. The highest BCUT2D eigenvalue weighted by Crippen LogP contribution is 2.16. The second-order valence-electron chi connectivity index (χ2n) is 5.31. The minimum Gasteiger partial charge on any atom is -0.392 e. The molecule has 0 aliphatic heterocycles. The van der Waals surface area contributed by atoms with Gasteiger partial charge in [-0.2, -0.15) is 0 Å². The van der Waals surface area contributed by atoms with Gasteiger partial charge in [0.05, 0.1) is 5.92 Å². The third-order valence-electron chi connectivity index (χ3n) is 3.41. The number of benzene rings is 1. The van der Waals surface area contributed by atoms with Crippen LogP contribution in [0.2, 0.25) is 0 Å². The fourth-order valence-electron chi connectivity index (χ4n) is 2.29. The van der Waals surface area contributed by atoms with E-state index in [0.29, 0.717) is 6.42 Å². The summed E-state index contributed by atoms with van der Waals surface area (Å²) in [5, 5.41) is 0. The molecule has 4 nitrogen and oxygen atoms in total. The molecule has 21 heavy (non-hydrogen) atoms. The van der Waals surface area contributed by atoms with Gasteiger partial charge in [-0.1, -0.05) is 57.0 Å². The van der Waals surface area contributed by atoms with Gasteiger partial charge in [-0.15, -0.1) is 0 Å². The van der Waals surface area contributed by atoms with E-state index < -0.39 is 18.0 Å². The first-order valence-electron chi connectivity index (χ1n) is 7.63. The second kappa shape index (κ2) is 9.29. The Bertz CT molecular complexity index is 439. The maximum Gasteiger partial charge on any atom is 0.330 e. The van der Waals surface area contributed by atoms with Gasteiger partial charge < -0.3 is 10.5 Å². The Morgan fingerprint density at radius 3 is 2.14 bits per heavy atom. The van der Waals surface area contributed by atoms with Gasteiger partial charge in [-0.25, -0.2) is 4.79 Å². The van der Waals surface area contributed by atoms with Crippen LogP contribution in [0.1, 0.15) is 45.1 Å². The molecule has 0 amide bonds. The van der Waals surface area contributed by atoms with Gasteiger partial charge in [0.25, 0.3) is 0 Å². The van der Waals surface area contributed by atoms with Gasteiger partial charge in [0, 0.05) is 0 Å². The van der Waals surface area contributed by atoms with Crippen LogP contribution in [0.4, 0.5) is 0 Å². The molecule has 1 aromatic carbocycles. The molecule has 1 aromatic rings. The summed E-state index contributed by atoms with van der Waals surface area (Å²) in [5.74, 6) is -1.28. The Hall–Kier alpha value is -1.68. The van der Waals surface area contributed by atoms with Crippen molar-refractivity contribution in [3.8, 4) is 0 Å². The van der Waals surface area contributed by atoms with Gasteiger partial charge >= 0.3 is 11.9 Å². The molecule has 4 heteroatoms. The maximum atomic E-state index is 12.0. The molecule has 1 rings (SSSR count). The van der Waals surface area contributed by atoms with E-state index in [1.165, 1.54) is 0 Å². The predicted octanol–water partition coefficient (Wildman–Crippen LogP) is 2.84. The third kappa shape index (κ3) is 6.08. The van der Waals surface area contributed by atoms with Gasteiger partial charge in [-0.05, 0) is 24.8 Å². The molecule has 0 heterocycles. The Balaban J connectivity index is 2.52. The number of hydrogen-bond donors (Lipinski definition) is 1. The van der Waals surface area contributed by atoms with E-state index in [2.05, 4.69) is 0 Å². The smallest absolute Gasteiger partial charge is 0.330 e. The summed E-state index contributed by atoms with van der Waals surface area (Å²) in [5.41, 5.74) is 6.77. The highest BCUT2D eigenvalue weighted by atomic mass is 16.6. The number of nitrogens with two attached hydrogens (primary N) is 1. The zero-order chi connectivity index (χ0) is 15.7. The minimum atomic E-state index is -0.805. The number of ether oxygens (including phenoxy) is 1. The average molecular weight is 291 g/mol. The van der Waals surface area contributed by atoms with E-state index in [1.54, 1.807) is 0 Å². The van der Waals surface area contributed by atoms with Crippen molar-refractivity contribution in [2.24, 2.45) is 11.7 Å². The van der Waals surface area contributed by atoms with Crippen LogP contribution in [0.5, 0.6) is 0 Å². The first-order valence-corrected chi connectivity index (χ1v) is 7.63. The lowest BCUT2D eigenvalue weighted by atomic mass is 9.98. The molecule has 2 N–H and O–H groups in total. The van der Waals surface area contributed by atoms with E-state index in [-0.39, 0.29) is 5.92 Å². The Kier molecular flexibility index (Phi) is 7.69. The topological polar surface area (TPSA) is 69.4 Å². The van der Waals surface area contributed by atoms with Crippen LogP contribution < -0.4 is 5.73 Å². The van der Waals surface area contributed by atoms with Crippen LogP contribution in [-0.4, -0.2) is 18.0 Å². The number of carbonyl (C=O) groups excluding carboxylic acids is 2. The normalized spacial score (nSPS) is 12.2. The molecule has 0 radical (unpaired) electrons. The zero-order valence-electron chi connectivity index (χ0n) is 12.9. The van der Waals surface area contributed by atoms with E-state index in [0.717, 1.165) is 31.2 Å². The molecule has 0 bridgehead atoms. The van der Waals surface area contributed by atoms with Crippen molar-refractivity contribution in [1.82, 2.24) is 0 Å². The maximum absolute atomic E-state index is 12.0. The highest BCUT2D eigenvalue weighted by molar-refractivity contribution is 5.89. The van der Waals surface area contributed by atoms with Crippen molar-refractivity contribution in [3.05, 3.63) is 35.9 Å². The van der Waals surface area contributed by atoms with Crippen molar-refractivity contribution in [3.63, 3.8) is 0 Å². The minimum absolute atomic E-state index is 0.201.